The fourth-order valence-electron chi connectivity index (χ4n) is 2.93. The molecule has 3 rings (SSSR count). The van der Waals surface area contributed by atoms with Crippen LogP contribution in [-0.2, 0) is 6.42 Å². The maximum Gasteiger partial charge on any atom is 0.123 e. The fourth-order valence-corrected chi connectivity index (χ4v) is 3.15. The quantitative estimate of drug-likeness (QED) is 0.888. The molecule has 0 amide bonds. The zero-order valence-corrected chi connectivity index (χ0v) is 13.2. The van der Waals surface area contributed by atoms with Crippen LogP contribution in [0.4, 0.5) is 0 Å². The lowest BCUT2D eigenvalue weighted by Gasteiger charge is -2.16. The van der Waals surface area contributed by atoms with Crippen LogP contribution in [0, 0.1) is 6.92 Å². The van der Waals surface area contributed by atoms with Crippen LogP contribution in [0.5, 0.6) is 5.75 Å². The third-order valence-corrected chi connectivity index (χ3v) is 4.16. The number of fused-ring (bicyclic) bond motifs is 1. The van der Waals surface area contributed by atoms with Gasteiger partial charge < -0.3 is 9.84 Å². The van der Waals surface area contributed by atoms with Gasteiger partial charge in [-0.1, -0.05) is 23.7 Å². The summed E-state index contributed by atoms with van der Waals surface area (Å²) in [7, 11) is 0. The molecule has 21 heavy (non-hydrogen) atoms. The maximum atomic E-state index is 10.6. The van der Waals surface area contributed by atoms with Crippen molar-refractivity contribution in [2.75, 3.05) is 0 Å². The highest BCUT2D eigenvalue weighted by Crippen LogP contribution is 2.37. The second kappa shape index (κ2) is 5.04. The molecule has 1 N–H and O–H groups in total. The van der Waals surface area contributed by atoms with Gasteiger partial charge in [0.25, 0.3) is 0 Å². The highest BCUT2D eigenvalue weighted by molar-refractivity contribution is 6.30. The van der Waals surface area contributed by atoms with E-state index in [0.717, 1.165) is 34.4 Å². The van der Waals surface area contributed by atoms with Gasteiger partial charge in [0.2, 0.25) is 0 Å². The molecule has 0 saturated heterocycles. The van der Waals surface area contributed by atoms with Crippen LogP contribution in [0.3, 0.4) is 0 Å². The van der Waals surface area contributed by atoms with Crippen LogP contribution in [0.2, 0.25) is 5.02 Å². The van der Waals surface area contributed by atoms with E-state index in [-0.39, 0.29) is 5.60 Å². The highest BCUT2D eigenvalue weighted by Gasteiger charge is 2.30. The molecule has 1 unspecified atom stereocenters. The van der Waals surface area contributed by atoms with Crippen LogP contribution in [0.25, 0.3) is 0 Å². The van der Waals surface area contributed by atoms with E-state index in [1.165, 1.54) is 0 Å². The molecule has 1 aliphatic heterocycles. The van der Waals surface area contributed by atoms with E-state index in [9.17, 15) is 5.11 Å². The summed E-state index contributed by atoms with van der Waals surface area (Å²) in [5.41, 5.74) is 3.76. The van der Waals surface area contributed by atoms with Crippen LogP contribution in [0.15, 0.2) is 36.4 Å². The molecule has 2 aromatic rings. The van der Waals surface area contributed by atoms with Gasteiger partial charge in [0, 0.05) is 11.4 Å². The SMILES string of the molecule is Cc1cc(Cl)ccc1C(O)c1ccc2c(c1)CC(C)(C)O2. The van der Waals surface area contributed by atoms with Gasteiger partial charge in [0.1, 0.15) is 17.5 Å². The predicted octanol–water partition coefficient (Wildman–Crippen LogP) is 4.44. The van der Waals surface area contributed by atoms with Gasteiger partial charge in [-0.3, -0.25) is 0 Å². The molecule has 0 spiro atoms. The van der Waals surface area contributed by atoms with Crippen molar-refractivity contribution in [3.05, 3.63) is 63.7 Å². The lowest BCUT2D eigenvalue weighted by Crippen LogP contribution is -2.24. The van der Waals surface area contributed by atoms with Crippen LogP contribution in [-0.4, -0.2) is 10.7 Å². The maximum absolute atomic E-state index is 10.6. The van der Waals surface area contributed by atoms with Crippen molar-refractivity contribution in [2.24, 2.45) is 0 Å². The molecular weight excluding hydrogens is 284 g/mol. The highest BCUT2D eigenvalue weighted by atomic mass is 35.5. The molecule has 0 saturated carbocycles. The van der Waals surface area contributed by atoms with Crippen molar-refractivity contribution >= 4 is 11.6 Å². The Hall–Kier alpha value is -1.51. The Morgan fingerprint density at radius 2 is 1.95 bits per heavy atom. The zero-order valence-electron chi connectivity index (χ0n) is 12.5. The summed E-state index contributed by atoms with van der Waals surface area (Å²) in [5, 5.41) is 11.3. The van der Waals surface area contributed by atoms with Crippen molar-refractivity contribution in [3.8, 4) is 5.75 Å². The molecule has 110 valence electrons. The van der Waals surface area contributed by atoms with Crippen LogP contribution >= 0.6 is 11.6 Å². The van der Waals surface area contributed by atoms with E-state index in [1.54, 1.807) is 0 Å². The molecular formula is C18H19ClO2. The molecule has 0 radical (unpaired) electrons. The molecule has 1 heterocycles. The van der Waals surface area contributed by atoms with Crippen LogP contribution in [0.1, 0.15) is 42.2 Å². The normalized spacial score (nSPS) is 17.2. The molecule has 1 aliphatic rings. The minimum atomic E-state index is -0.642. The third kappa shape index (κ3) is 2.78. The summed E-state index contributed by atoms with van der Waals surface area (Å²) in [4.78, 5) is 0. The van der Waals surface area contributed by atoms with Gasteiger partial charge in [-0.05, 0) is 67.3 Å². The number of halogens is 1. The lowest BCUT2D eigenvalue weighted by molar-refractivity contribution is 0.138. The minimum Gasteiger partial charge on any atom is -0.487 e. The van der Waals surface area contributed by atoms with Gasteiger partial charge in [-0.2, -0.15) is 0 Å². The standard InChI is InChI=1S/C18H19ClO2/c1-11-8-14(19)5-6-15(11)17(20)12-4-7-16-13(9-12)10-18(2,3)21-16/h4-9,17,20H,10H2,1-3H3. The van der Waals surface area contributed by atoms with Gasteiger partial charge in [-0.15, -0.1) is 0 Å². The van der Waals surface area contributed by atoms with E-state index in [0.29, 0.717) is 5.02 Å². The number of rotatable bonds is 2. The van der Waals surface area contributed by atoms with Crippen molar-refractivity contribution in [1.29, 1.82) is 0 Å². The monoisotopic (exact) mass is 302 g/mol. The number of aliphatic hydroxyl groups excluding tert-OH is 1. The van der Waals surface area contributed by atoms with E-state index in [1.807, 2.05) is 43.3 Å². The molecule has 2 aromatic carbocycles. The Bertz CT molecular complexity index is 692. The minimum absolute atomic E-state index is 0.165. The Balaban J connectivity index is 1.95. The van der Waals surface area contributed by atoms with Crippen molar-refractivity contribution in [3.63, 3.8) is 0 Å². The number of hydrogen-bond donors (Lipinski definition) is 1. The summed E-state index contributed by atoms with van der Waals surface area (Å²) in [6.07, 6.45) is 0.221. The Morgan fingerprint density at radius 3 is 2.67 bits per heavy atom. The van der Waals surface area contributed by atoms with Crippen molar-refractivity contribution in [1.82, 2.24) is 0 Å². The zero-order chi connectivity index (χ0) is 15.2. The number of aryl methyl sites for hydroxylation is 1. The van der Waals surface area contributed by atoms with Gasteiger partial charge in [0.05, 0.1) is 0 Å². The summed E-state index contributed by atoms with van der Waals surface area (Å²) in [5.74, 6) is 0.920. The predicted molar refractivity (Wildman–Crippen MR) is 85.1 cm³/mol. The number of benzene rings is 2. The first-order valence-corrected chi connectivity index (χ1v) is 7.49. The van der Waals surface area contributed by atoms with Crippen LogP contribution < -0.4 is 4.74 Å². The Labute approximate surface area is 130 Å². The smallest absolute Gasteiger partial charge is 0.123 e. The van der Waals surface area contributed by atoms with E-state index < -0.39 is 6.10 Å². The average molecular weight is 303 g/mol. The van der Waals surface area contributed by atoms with E-state index >= 15 is 0 Å². The summed E-state index contributed by atoms with van der Waals surface area (Å²) < 4.78 is 5.88. The van der Waals surface area contributed by atoms with Crippen molar-refractivity contribution in [2.45, 2.75) is 38.9 Å². The molecule has 0 bridgehead atoms. The molecule has 0 aliphatic carbocycles. The summed E-state index contributed by atoms with van der Waals surface area (Å²) in [6, 6.07) is 11.5. The van der Waals surface area contributed by atoms with Gasteiger partial charge in [0.15, 0.2) is 0 Å². The Kier molecular flexibility index (Phi) is 3.46. The number of ether oxygens (including phenoxy) is 1. The summed E-state index contributed by atoms with van der Waals surface area (Å²) >= 11 is 5.98. The largest absolute Gasteiger partial charge is 0.487 e. The Morgan fingerprint density at radius 1 is 1.19 bits per heavy atom. The lowest BCUT2D eigenvalue weighted by atomic mass is 9.94. The first kappa shape index (κ1) is 14.4. The molecule has 2 nitrogen and oxygen atoms in total. The number of aliphatic hydroxyl groups is 1. The molecule has 3 heteroatoms. The first-order chi connectivity index (χ1) is 9.85. The molecule has 0 aromatic heterocycles. The second-order valence-electron chi connectivity index (χ2n) is 6.31. The molecule has 0 fully saturated rings. The topological polar surface area (TPSA) is 29.5 Å². The first-order valence-electron chi connectivity index (χ1n) is 7.12. The van der Waals surface area contributed by atoms with Gasteiger partial charge in [-0.25, -0.2) is 0 Å². The third-order valence-electron chi connectivity index (χ3n) is 3.93. The van der Waals surface area contributed by atoms with E-state index in [2.05, 4.69) is 13.8 Å². The number of hydrogen-bond acceptors (Lipinski definition) is 2. The fraction of sp³-hybridized carbons (Fsp3) is 0.333. The van der Waals surface area contributed by atoms with Gasteiger partial charge >= 0.3 is 0 Å². The summed E-state index contributed by atoms with van der Waals surface area (Å²) in [6.45, 7) is 6.11. The average Bonchev–Trinajstić information content (AvgIpc) is 2.70. The van der Waals surface area contributed by atoms with Crippen molar-refractivity contribution < 1.29 is 9.84 Å². The van der Waals surface area contributed by atoms with E-state index in [4.69, 9.17) is 16.3 Å². The molecule has 1 atom stereocenters. The second-order valence-corrected chi connectivity index (χ2v) is 6.75.